The van der Waals surface area contributed by atoms with Gasteiger partial charge in [0.05, 0.1) is 10.4 Å². The fraction of sp³-hybridized carbons (Fsp3) is 0.357. The maximum Gasteiger partial charge on any atom is 0.240 e. The van der Waals surface area contributed by atoms with E-state index < -0.39 is 10.0 Å². The minimum atomic E-state index is -3.58. The van der Waals surface area contributed by atoms with Crippen LogP contribution in [0.5, 0.6) is 0 Å². The van der Waals surface area contributed by atoms with Crippen molar-refractivity contribution in [1.29, 1.82) is 0 Å². The third kappa shape index (κ3) is 4.14. The van der Waals surface area contributed by atoms with Crippen molar-refractivity contribution in [2.45, 2.75) is 30.7 Å². The molecular formula is C14H17ClN2O3S. The number of pyridine rings is 1. The normalized spacial score (nSPS) is 13.5. The van der Waals surface area contributed by atoms with E-state index in [1.165, 1.54) is 6.07 Å². The van der Waals surface area contributed by atoms with E-state index in [2.05, 4.69) is 9.71 Å². The van der Waals surface area contributed by atoms with Gasteiger partial charge in [-0.15, -0.1) is 0 Å². The molecule has 2 rings (SSSR count). The quantitative estimate of drug-likeness (QED) is 0.798. The first kappa shape index (κ1) is 16.2. The fourth-order valence-corrected chi connectivity index (χ4v) is 3.50. The molecule has 0 aliphatic carbocycles. The molecule has 1 aromatic heterocycles. The first-order valence-corrected chi connectivity index (χ1v) is 8.48. The molecule has 5 nitrogen and oxygen atoms in total. The van der Waals surface area contributed by atoms with Gasteiger partial charge in [0.25, 0.3) is 0 Å². The first-order valence-electron chi connectivity index (χ1n) is 6.62. The van der Waals surface area contributed by atoms with Crippen molar-refractivity contribution in [2.75, 3.05) is 6.61 Å². The molecule has 0 aliphatic rings. The second-order valence-electron chi connectivity index (χ2n) is 4.88. The summed E-state index contributed by atoms with van der Waals surface area (Å²) in [5.74, 6) is 0. The van der Waals surface area contributed by atoms with Gasteiger partial charge in [0.1, 0.15) is 5.15 Å². The Kier molecular flexibility index (Phi) is 5.16. The molecular weight excluding hydrogens is 312 g/mol. The maximum atomic E-state index is 12.3. The van der Waals surface area contributed by atoms with Gasteiger partial charge in [-0.25, -0.2) is 18.1 Å². The van der Waals surface area contributed by atoms with Crippen LogP contribution >= 0.6 is 11.6 Å². The van der Waals surface area contributed by atoms with E-state index in [-0.39, 0.29) is 17.5 Å². The predicted octanol–water partition coefficient (Wildman–Crippen LogP) is 2.33. The summed E-state index contributed by atoms with van der Waals surface area (Å²) in [5.41, 5.74) is 0.648. The van der Waals surface area contributed by atoms with Crippen LogP contribution in [0.4, 0.5) is 0 Å². The van der Waals surface area contributed by atoms with Crippen molar-refractivity contribution in [2.24, 2.45) is 0 Å². The van der Waals surface area contributed by atoms with Crippen LogP contribution in [0.25, 0.3) is 10.9 Å². The standard InChI is InChI=1S/C14H17ClN2O3S/c1-10(3-2-8-18)17-21(19,20)12-5-6-13-11(9-12)4-7-14(15)16-13/h4-7,9-10,17-18H,2-3,8H2,1H3. The minimum absolute atomic E-state index is 0.0501. The molecule has 0 bridgehead atoms. The highest BCUT2D eigenvalue weighted by Crippen LogP contribution is 2.20. The van der Waals surface area contributed by atoms with E-state index in [1.807, 2.05) is 0 Å². The number of fused-ring (bicyclic) bond motifs is 1. The van der Waals surface area contributed by atoms with Crippen LogP contribution in [-0.2, 0) is 10.0 Å². The second kappa shape index (κ2) is 6.70. The van der Waals surface area contributed by atoms with Crippen molar-refractivity contribution in [3.63, 3.8) is 0 Å². The van der Waals surface area contributed by atoms with Gasteiger partial charge < -0.3 is 5.11 Å². The summed E-state index contributed by atoms with van der Waals surface area (Å²) < 4.78 is 27.2. The number of hydrogen-bond donors (Lipinski definition) is 2. The zero-order chi connectivity index (χ0) is 15.5. The molecule has 7 heteroatoms. The molecule has 0 spiro atoms. The summed E-state index contributed by atoms with van der Waals surface area (Å²) in [7, 11) is -3.58. The smallest absolute Gasteiger partial charge is 0.240 e. The van der Waals surface area contributed by atoms with Crippen molar-refractivity contribution in [3.05, 3.63) is 35.5 Å². The number of aliphatic hydroxyl groups excluding tert-OH is 1. The molecule has 2 aromatic rings. The zero-order valence-electron chi connectivity index (χ0n) is 11.6. The molecule has 0 amide bonds. The molecule has 1 aromatic carbocycles. The minimum Gasteiger partial charge on any atom is -0.396 e. The summed E-state index contributed by atoms with van der Waals surface area (Å²) in [6.07, 6.45) is 1.14. The Morgan fingerprint density at radius 3 is 2.81 bits per heavy atom. The third-order valence-electron chi connectivity index (χ3n) is 3.09. The molecule has 1 unspecified atom stereocenters. The topological polar surface area (TPSA) is 79.3 Å². The Labute approximate surface area is 129 Å². The number of nitrogens with zero attached hydrogens (tertiary/aromatic N) is 1. The predicted molar refractivity (Wildman–Crippen MR) is 82.9 cm³/mol. The van der Waals surface area contributed by atoms with E-state index in [0.717, 1.165) is 0 Å². The molecule has 2 N–H and O–H groups in total. The molecule has 1 heterocycles. The molecule has 0 fully saturated rings. The highest BCUT2D eigenvalue weighted by atomic mass is 35.5. The molecule has 0 aliphatic heterocycles. The van der Waals surface area contributed by atoms with Crippen molar-refractivity contribution >= 4 is 32.5 Å². The lowest BCUT2D eigenvalue weighted by Crippen LogP contribution is -2.32. The van der Waals surface area contributed by atoms with Crippen molar-refractivity contribution < 1.29 is 13.5 Å². The van der Waals surface area contributed by atoms with Gasteiger partial charge in [-0.2, -0.15) is 0 Å². The van der Waals surface area contributed by atoms with E-state index in [0.29, 0.717) is 28.9 Å². The zero-order valence-corrected chi connectivity index (χ0v) is 13.2. The number of benzene rings is 1. The molecule has 0 radical (unpaired) electrons. The summed E-state index contributed by atoms with van der Waals surface area (Å²) in [6, 6.07) is 7.83. The Morgan fingerprint density at radius 2 is 2.10 bits per heavy atom. The van der Waals surface area contributed by atoms with Crippen LogP contribution in [-0.4, -0.2) is 31.2 Å². The lowest BCUT2D eigenvalue weighted by molar-refractivity contribution is 0.279. The van der Waals surface area contributed by atoms with Gasteiger partial charge in [-0.1, -0.05) is 11.6 Å². The molecule has 0 saturated carbocycles. The van der Waals surface area contributed by atoms with Gasteiger partial charge in [0.2, 0.25) is 10.0 Å². The molecule has 1 atom stereocenters. The average molecular weight is 329 g/mol. The number of sulfonamides is 1. The first-order chi connectivity index (χ1) is 9.92. The van der Waals surface area contributed by atoms with Crippen LogP contribution < -0.4 is 4.72 Å². The number of aliphatic hydroxyl groups is 1. The van der Waals surface area contributed by atoms with Crippen LogP contribution in [0.3, 0.4) is 0 Å². The number of aromatic nitrogens is 1. The number of nitrogens with one attached hydrogen (secondary N) is 1. The van der Waals surface area contributed by atoms with E-state index in [1.54, 1.807) is 31.2 Å². The lowest BCUT2D eigenvalue weighted by Gasteiger charge is -2.14. The van der Waals surface area contributed by atoms with E-state index in [4.69, 9.17) is 16.7 Å². The Hall–Kier alpha value is -1.21. The number of halogens is 1. The fourth-order valence-electron chi connectivity index (χ4n) is 2.04. The third-order valence-corrected chi connectivity index (χ3v) is 4.89. The Balaban J connectivity index is 2.25. The van der Waals surface area contributed by atoms with Crippen LogP contribution in [0.2, 0.25) is 5.15 Å². The highest BCUT2D eigenvalue weighted by molar-refractivity contribution is 7.89. The van der Waals surface area contributed by atoms with Crippen molar-refractivity contribution in [1.82, 2.24) is 9.71 Å². The average Bonchev–Trinajstić information content (AvgIpc) is 2.44. The van der Waals surface area contributed by atoms with Gasteiger partial charge >= 0.3 is 0 Å². The van der Waals surface area contributed by atoms with Crippen molar-refractivity contribution in [3.8, 4) is 0 Å². The summed E-state index contributed by atoms with van der Waals surface area (Å²) in [4.78, 5) is 4.31. The summed E-state index contributed by atoms with van der Waals surface area (Å²) in [5, 5.41) is 9.86. The summed E-state index contributed by atoms with van der Waals surface area (Å²) >= 11 is 5.80. The highest BCUT2D eigenvalue weighted by Gasteiger charge is 2.17. The van der Waals surface area contributed by atoms with Crippen LogP contribution in [0.1, 0.15) is 19.8 Å². The number of hydrogen-bond acceptors (Lipinski definition) is 4. The molecule has 21 heavy (non-hydrogen) atoms. The van der Waals surface area contributed by atoms with Crippen LogP contribution in [0, 0.1) is 0 Å². The van der Waals surface area contributed by atoms with Gasteiger partial charge in [-0.05, 0) is 50.1 Å². The lowest BCUT2D eigenvalue weighted by atomic mass is 10.2. The second-order valence-corrected chi connectivity index (χ2v) is 6.98. The summed E-state index contributed by atoms with van der Waals surface area (Å²) in [6.45, 7) is 1.82. The van der Waals surface area contributed by atoms with Gasteiger partial charge in [0.15, 0.2) is 0 Å². The molecule has 0 saturated heterocycles. The van der Waals surface area contributed by atoms with Crippen LogP contribution in [0.15, 0.2) is 35.2 Å². The Morgan fingerprint density at radius 1 is 1.33 bits per heavy atom. The van der Waals surface area contributed by atoms with E-state index in [9.17, 15) is 8.42 Å². The number of rotatable bonds is 6. The SMILES string of the molecule is CC(CCCO)NS(=O)(=O)c1ccc2nc(Cl)ccc2c1. The monoisotopic (exact) mass is 328 g/mol. The Bertz CT molecular complexity index is 734. The molecule has 114 valence electrons. The van der Waals surface area contributed by atoms with Gasteiger partial charge in [0, 0.05) is 18.0 Å². The van der Waals surface area contributed by atoms with Gasteiger partial charge in [-0.3, -0.25) is 0 Å². The maximum absolute atomic E-state index is 12.3. The van der Waals surface area contributed by atoms with E-state index >= 15 is 0 Å². The largest absolute Gasteiger partial charge is 0.396 e.